The summed E-state index contributed by atoms with van der Waals surface area (Å²) in [5.41, 5.74) is 0.215. The molecule has 4 nitrogen and oxygen atoms in total. The van der Waals surface area contributed by atoms with Crippen molar-refractivity contribution < 1.29 is 14.3 Å². The van der Waals surface area contributed by atoms with Gasteiger partial charge in [-0.1, -0.05) is 30.4 Å². The average Bonchev–Trinajstić information content (AvgIpc) is 2.62. The number of nitriles is 1. The third-order valence-electron chi connectivity index (χ3n) is 4.60. The van der Waals surface area contributed by atoms with E-state index in [1.54, 1.807) is 12.1 Å². The number of carbonyl (C=O) groups is 1. The number of carbonyl (C=O) groups excluding carboxylic acids is 1. The van der Waals surface area contributed by atoms with Crippen LogP contribution in [0.4, 0.5) is 0 Å². The first-order valence-corrected chi connectivity index (χ1v) is 8.41. The summed E-state index contributed by atoms with van der Waals surface area (Å²) in [6.07, 6.45) is 5.80. The van der Waals surface area contributed by atoms with Crippen molar-refractivity contribution in [2.75, 3.05) is 13.2 Å². The maximum atomic E-state index is 12.9. The van der Waals surface area contributed by atoms with Crippen molar-refractivity contribution in [3.8, 4) is 6.07 Å². The topological polar surface area (TPSA) is 59.3 Å². The van der Waals surface area contributed by atoms with Crippen LogP contribution in [0.2, 0.25) is 0 Å². The van der Waals surface area contributed by atoms with Crippen molar-refractivity contribution in [2.24, 2.45) is 5.41 Å². The molecule has 0 bridgehead atoms. The molecule has 1 aliphatic heterocycles. The number of ketones is 1. The summed E-state index contributed by atoms with van der Waals surface area (Å²) in [6.45, 7) is 6.65. The Kier molecular flexibility index (Phi) is 5.93. The number of hydrogen-bond donors (Lipinski definition) is 0. The van der Waals surface area contributed by atoms with Crippen LogP contribution in [0.5, 0.6) is 0 Å². The van der Waals surface area contributed by atoms with Gasteiger partial charge in [-0.05, 0) is 39.7 Å². The molecule has 4 heteroatoms. The highest BCUT2D eigenvalue weighted by molar-refractivity contribution is 5.85. The molecule has 0 amide bonds. The van der Waals surface area contributed by atoms with Crippen LogP contribution >= 0.6 is 0 Å². The highest BCUT2D eigenvalue weighted by Gasteiger charge is 2.55. The summed E-state index contributed by atoms with van der Waals surface area (Å²) < 4.78 is 12.1. The fourth-order valence-electron chi connectivity index (χ4n) is 3.13. The second-order valence-electron chi connectivity index (χ2n) is 6.48. The lowest BCUT2D eigenvalue weighted by molar-refractivity contribution is -0.320. The minimum atomic E-state index is -1.22. The lowest BCUT2D eigenvalue weighted by Gasteiger charge is -2.47. The maximum absolute atomic E-state index is 12.9. The molecule has 0 aromatic heterocycles. The van der Waals surface area contributed by atoms with Crippen LogP contribution in [0.15, 0.2) is 36.4 Å². The van der Waals surface area contributed by atoms with Gasteiger partial charge in [0.05, 0.1) is 30.3 Å². The van der Waals surface area contributed by atoms with Crippen LogP contribution in [0.3, 0.4) is 0 Å². The van der Waals surface area contributed by atoms with Crippen molar-refractivity contribution in [1.29, 1.82) is 5.26 Å². The molecule has 1 saturated heterocycles. The number of allylic oxidation sites excluding steroid dienone is 2. The SMILES string of the molecule is CC=CCCC(=O)C(C)(C)C1(c2ccccc2C#N)OCCCO1. The number of rotatable bonds is 6. The summed E-state index contributed by atoms with van der Waals surface area (Å²) in [7, 11) is 0. The smallest absolute Gasteiger partial charge is 0.208 e. The Bertz CT molecular complexity index is 649. The number of hydrogen-bond acceptors (Lipinski definition) is 4. The molecule has 1 fully saturated rings. The summed E-state index contributed by atoms with van der Waals surface area (Å²) >= 11 is 0. The normalized spacial score (nSPS) is 17.6. The fraction of sp³-hybridized carbons (Fsp3) is 0.500. The van der Waals surface area contributed by atoms with Crippen molar-refractivity contribution in [3.63, 3.8) is 0 Å². The first-order chi connectivity index (χ1) is 11.5. The van der Waals surface area contributed by atoms with Gasteiger partial charge in [0.25, 0.3) is 0 Å². The zero-order valence-corrected chi connectivity index (χ0v) is 14.7. The molecular weight excluding hydrogens is 302 g/mol. The molecule has 0 aliphatic carbocycles. The zero-order valence-electron chi connectivity index (χ0n) is 14.7. The van der Waals surface area contributed by atoms with Crippen LogP contribution in [-0.2, 0) is 20.1 Å². The van der Waals surface area contributed by atoms with Crippen molar-refractivity contribution >= 4 is 5.78 Å². The number of Topliss-reactive ketones (excluding diaryl/α,β-unsaturated/α-hetero) is 1. The van der Waals surface area contributed by atoms with Crippen LogP contribution in [0.25, 0.3) is 0 Å². The van der Waals surface area contributed by atoms with E-state index >= 15 is 0 Å². The van der Waals surface area contributed by atoms with Gasteiger partial charge >= 0.3 is 0 Å². The zero-order chi connectivity index (χ0) is 17.6. The molecule has 0 atom stereocenters. The molecule has 0 saturated carbocycles. The third kappa shape index (κ3) is 3.28. The van der Waals surface area contributed by atoms with E-state index in [4.69, 9.17) is 9.47 Å². The first kappa shape index (κ1) is 18.4. The molecule has 2 rings (SSSR count). The fourth-order valence-corrected chi connectivity index (χ4v) is 3.13. The Morgan fingerprint density at radius 3 is 2.62 bits per heavy atom. The Morgan fingerprint density at radius 1 is 1.33 bits per heavy atom. The molecule has 1 aromatic rings. The molecule has 0 spiro atoms. The Hall–Kier alpha value is -1.96. The van der Waals surface area contributed by atoms with E-state index in [0.29, 0.717) is 37.2 Å². The summed E-state index contributed by atoms with van der Waals surface area (Å²) in [6, 6.07) is 9.41. The van der Waals surface area contributed by atoms with Gasteiger partial charge in [0.2, 0.25) is 5.79 Å². The van der Waals surface area contributed by atoms with Gasteiger partial charge in [0.1, 0.15) is 5.78 Å². The molecule has 1 aliphatic rings. The van der Waals surface area contributed by atoms with Crippen molar-refractivity contribution in [1.82, 2.24) is 0 Å². The van der Waals surface area contributed by atoms with Crippen molar-refractivity contribution in [2.45, 2.75) is 45.8 Å². The molecule has 0 radical (unpaired) electrons. The first-order valence-electron chi connectivity index (χ1n) is 8.41. The Balaban J connectivity index is 2.47. The van der Waals surface area contributed by atoms with Crippen LogP contribution in [-0.4, -0.2) is 19.0 Å². The van der Waals surface area contributed by atoms with Gasteiger partial charge in [-0.2, -0.15) is 5.26 Å². The highest BCUT2D eigenvalue weighted by Crippen LogP contribution is 2.48. The highest BCUT2D eigenvalue weighted by atomic mass is 16.7. The third-order valence-corrected chi connectivity index (χ3v) is 4.60. The predicted octanol–water partition coefficient (Wildman–Crippen LogP) is 4.10. The molecular formula is C20H25NO3. The summed E-state index contributed by atoms with van der Waals surface area (Å²) in [5, 5.41) is 9.49. The van der Waals surface area contributed by atoms with E-state index in [1.807, 2.05) is 45.1 Å². The van der Waals surface area contributed by atoms with Crippen LogP contribution in [0.1, 0.15) is 51.2 Å². The molecule has 24 heavy (non-hydrogen) atoms. The average molecular weight is 327 g/mol. The van der Waals surface area contributed by atoms with E-state index in [1.165, 1.54) is 0 Å². The number of benzene rings is 1. The summed E-state index contributed by atoms with van der Waals surface area (Å²) in [4.78, 5) is 12.9. The van der Waals surface area contributed by atoms with E-state index in [0.717, 1.165) is 6.42 Å². The molecule has 1 heterocycles. The van der Waals surface area contributed by atoms with E-state index in [-0.39, 0.29) is 5.78 Å². The standard InChI is InChI=1S/C20H25NO3/c1-4-5-6-12-18(22)19(2,3)20(23-13-9-14-24-20)17-11-8-7-10-16(17)15-21/h4-5,7-8,10-11H,6,9,12-14H2,1-3H3. The quantitative estimate of drug-likeness (QED) is 0.738. The van der Waals surface area contributed by atoms with E-state index in [2.05, 4.69) is 6.07 Å². The minimum Gasteiger partial charge on any atom is -0.345 e. The molecule has 0 unspecified atom stereocenters. The van der Waals surface area contributed by atoms with E-state index in [9.17, 15) is 10.1 Å². The molecule has 0 N–H and O–H groups in total. The van der Waals surface area contributed by atoms with Gasteiger partial charge in [0, 0.05) is 12.0 Å². The monoisotopic (exact) mass is 327 g/mol. The predicted molar refractivity (Wildman–Crippen MR) is 92.2 cm³/mol. The van der Waals surface area contributed by atoms with Gasteiger partial charge in [-0.15, -0.1) is 0 Å². The van der Waals surface area contributed by atoms with Gasteiger partial charge in [-0.3, -0.25) is 4.79 Å². The Morgan fingerprint density at radius 2 is 2.00 bits per heavy atom. The Labute approximate surface area is 144 Å². The van der Waals surface area contributed by atoms with Crippen LogP contribution < -0.4 is 0 Å². The number of nitrogens with zero attached hydrogens (tertiary/aromatic N) is 1. The lowest BCUT2D eigenvalue weighted by Crippen LogP contribution is -2.53. The summed E-state index contributed by atoms with van der Waals surface area (Å²) in [5.74, 6) is -1.15. The second-order valence-corrected chi connectivity index (χ2v) is 6.48. The lowest BCUT2D eigenvalue weighted by atomic mass is 9.72. The van der Waals surface area contributed by atoms with Gasteiger partial charge in [0.15, 0.2) is 0 Å². The van der Waals surface area contributed by atoms with Crippen LogP contribution in [0, 0.1) is 16.7 Å². The number of ether oxygens (including phenoxy) is 2. The second kappa shape index (κ2) is 7.74. The van der Waals surface area contributed by atoms with Gasteiger partial charge < -0.3 is 9.47 Å². The largest absolute Gasteiger partial charge is 0.345 e. The van der Waals surface area contributed by atoms with Crippen molar-refractivity contribution in [3.05, 3.63) is 47.5 Å². The molecule has 1 aromatic carbocycles. The maximum Gasteiger partial charge on any atom is 0.208 e. The molecule has 128 valence electrons. The van der Waals surface area contributed by atoms with Gasteiger partial charge in [-0.25, -0.2) is 0 Å². The van der Waals surface area contributed by atoms with E-state index < -0.39 is 11.2 Å². The minimum absolute atomic E-state index is 0.0650.